The molecule has 17 heavy (non-hydrogen) atoms. The molecule has 3 N–H and O–H groups in total. The molecule has 0 saturated carbocycles. The first kappa shape index (κ1) is 17.9. The Morgan fingerprint density at radius 1 is 0.941 bits per heavy atom. The van der Waals surface area contributed by atoms with E-state index in [1.165, 1.54) is 0 Å². The zero-order valence-electron chi connectivity index (χ0n) is 9.39. The molecule has 3 atom stereocenters. The normalized spacial score (nSPS) is 15.8. The molecule has 1 rings (SSSR count). The Labute approximate surface area is 134 Å². The van der Waals surface area contributed by atoms with Crippen LogP contribution in [-0.2, 0) is 33.2 Å². The monoisotopic (exact) mass is 326 g/mol. The van der Waals surface area contributed by atoms with Gasteiger partial charge in [0, 0.05) is 4.90 Å². The minimum Gasteiger partial charge on any atom is -1.00 e. The van der Waals surface area contributed by atoms with Gasteiger partial charge in [-0.15, -0.1) is 12.6 Å². The Kier molecular flexibility index (Phi) is 7.88. The van der Waals surface area contributed by atoms with Gasteiger partial charge >= 0.3 is 29.6 Å². The van der Waals surface area contributed by atoms with Gasteiger partial charge < -0.3 is 15.1 Å². The number of thiol groups is 1. The van der Waals surface area contributed by atoms with Crippen LogP contribution in [0.25, 0.3) is 0 Å². The van der Waals surface area contributed by atoms with E-state index >= 15 is 0 Å². The SMILES string of the molecule is O=S(O)c1cc(S(=O)O)c(S)c(S(=O)O)c1.[H-].[Na+]. The minimum atomic E-state index is -2.46. The predicted octanol–water partition coefficient (Wildman–Crippen LogP) is -2.17. The predicted molar refractivity (Wildman–Crippen MR) is 61.9 cm³/mol. The van der Waals surface area contributed by atoms with Crippen molar-refractivity contribution >= 4 is 45.9 Å². The Hall–Kier alpha value is 0.900. The number of hydrogen-bond donors (Lipinski definition) is 4. The van der Waals surface area contributed by atoms with Gasteiger partial charge in [0.2, 0.25) is 0 Å². The second-order valence-electron chi connectivity index (χ2n) is 2.52. The fraction of sp³-hybridized carbons (Fsp3) is 0. The molecule has 92 valence electrons. The van der Waals surface area contributed by atoms with Crippen LogP contribution in [-0.4, -0.2) is 26.3 Å². The molecule has 0 radical (unpaired) electrons. The third-order valence-corrected chi connectivity index (χ3v) is 4.41. The van der Waals surface area contributed by atoms with Crippen LogP contribution < -0.4 is 29.6 Å². The number of hydrogen-bond acceptors (Lipinski definition) is 4. The second-order valence-corrected chi connectivity index (χ2v) is 5.81. The summed E-state index contributed by atoms with van der Waals surface area (Å²) in [5, 5.41) is 0. The van der Waals surface area contributed by atoms with Crippen molar-refractivity contribution < 1.29 is 57.3 Å². The summed E-state index contributed by atoms with van der Waals surface area (Å²) in [6.07, 6.45) is 0. The molecule has 0 spiro atoms. The summed E-state index contributed by atoms with van der Waals surface area (Å²) >= 11 is -3.52. The van der Waals surface area contributed by atoms with E-state index in [2.05, 4.69) is 12.6 Å². The molecular weight excluding hydrogens is 319 g/mol. The van der Waals surface area contributed by atoms with Gasteiger partial charge in [-0.3, -0.25) is 0 Å². The summed E-state index contributed by atoms with van der Waals surface area (Å²) in [5.41, 5.74) is 0. The van der Waals surface area contributed by atoms with Crippen LogP contribution in [0.15, 0.2) is 31.7 Å². The molecule has 0 aromatic heterocycles. The van der Waals surface area contributed by atoms with Gasteiger partial charge in [-0.2, -0.15) is 0 Å². The number of rotatable bonds is 3. The molecule has 0 fully saturated rings. The van der Waals surface area contributed by atoms with E-state index in [0.717, 1.165) is 12.1 Å². The molecule has 1 aromatic carbocycles. The molecule has 0 saturated heterocycles. The van der Waals surface area contributed by atoms with Gasteiger partial charge in [-0.1, -0.05) is 0 Å². The summed E-state index contributed by atoms with van der Waals surface area (Å²) in [4.78, 5) is -0.982. The largest absolute Gasteiger partial charge is 1.00 e. The molecule has 0 bridgehead atoms. The maximum absolute atomic E-state index is 10.9. The first-order chi connectivity index (χ1) is 7.34. The fourth-order valence-electron chi connectivity index (χ4n) is 0.925. The van der Waals surface area contributed by atoms with Crippen molar-refractivity contribution in [3.05, 3.63) is 12.1 Å². The smallest absolute Gasteiger partial charge is 1.00 e. The molecule has 1 aromatic rings. The summed E-state index contributed by atoms with van der Waals surface area (Å²) in [6.45, 7) is 0. The van der Waals surface area contributed by atoms with Crippen molar-refractivity contribution in [3.8, 4) is 0 Å². The Morgan fingerprint density at radius 3 is 1.53 bits per heavy atom. The van der Waals surface area contributed by atoms with Crippen molar-refractivity contribution in [2.45, 2.75) is 19.6 Å². The average Bonchev–Trinajstić information content (AvgIpc) is 2.16. The molecule has 0 heterocycles. The van der Waals surface area contributed by atoms with E-state index in [1.807, 2.05) is 0 Å². The zero-order valence-corrected chi connectivity index (χ0v) is 13.7. The topological polar surface area (TPSA) is 112 Å². The summed E-state index contributed by atoms with van der Waals surface area (Å²) in [6, 6.07) is 1.95. The molecule has 11 heteroatoms. The van der Waals surface area contributed by atoms with E-state index in [9.17, 15) is 12.6 Å². The van der Waals surface area contributed by atoms with Crippen molar-refractivity contribution in [3.63, 3.8) is 0 Å². The van der Waals surface area contributed by atoms with Crippen molar-refractivity contribution in [1.82, 2.24) is 0 Å². The molecule has 0 amide bonds. The van der Waals surface area contributed by atoms with Crippen LogP contribution >= 0.6 is 12.6 Å². The molecular formula is C6H7NaO6S4. The molecule has 0 aliphatic heterocycles. The third kappa shape index (κ3) is 4.49. The first-order valence-corrected chi connectivity index (χ1v) is 7.31. The molecule has 6 nitrogen and oxygen atoms in total. The van der Waals surface area contributed by atoms with E-state index in [4.69, 9.17) is 13.7 Å². The third-order valence-electron chi connectivity index (χ3n) is 1.59. The van der Waals surface area contributed by atoms with E-state index in [0.29, 0.717) is 0 Å². The molecule has 3 unspecified atom stereocenters. The number of benzene rings is 1. The second kappa shape index (κ2) is 7.48. The Bertz CT molecular complexity index is 474. The van der Waals surface area contributed by atoms with E-state index < -0.39 is 33.2 Å². The van der Waals surface area contributed by atoms with Crippen LogP contribution in [0.4, 0.5) is 0 Å². The van der Waals surface area contributed by atoms with Crippen LogP contribution in [0.1, 0.15) is 1.43 Å². The van der Waals surface area contributed by atoms with Gasteiger partial charge in [-0.05, 0) is 12.1 Å². The van der Waals surface area contributed by atoms with E-state index in [-0.39, 0.29) is 50.6 Å². The van der Waals surface area contributed by atoms with Crippen LogP contribution in [0, 0.1) is 0 Å². The minimum absolute atomic E-state index is 0. The maximum atomic E-state index is 10.9. The fourth-order valence-corrected chi connectivity index (χ4v) is 3.18. The van der Waals surface area contributed by atoms with Crippen LogP contribution in [0.3, 0.4) is 0 Å². The Balaban J connectivity index is 0. The van der Waals surface area contributed by atoms with Crippen LogP contribution in [0.5, 0.6) is 0 Å². The van der Waals surface area contributed by atoms with Crippen LogP contribution in [0.2, 0.25) is 0 Å². The van der Waals surface area contributed by atoms with Crippen molar-refractivity contribution in [2.24, 2.45) is 0 Å². The quantitative estimate of drug-likeness (QED) is 0.286. The molecule has 0 aliphatic rings. The van der Waals surface area contributed by atoms with Crippen molar-refractivity contribution in [2.75, 3.05) is 0 Å². The zero-order chi connectivity index (χ0) is 12.5. The Morgan fingerprint density at radius 2 is 1.29 bits per heavy atom. The van der Waals surface area contributed by atoms with E-state index in [1.54, 1.807) is 0 Å². The summed E-state index contributed by atoms with van der Waals surface area (Å²) in [7, 11) is 0. The maximum Gasteiger partial charge on any atom is 1.00 e. The van der Waals surface area contributed by atoms with Gasteiger partial charge in [0.1, 0.15) is 0 Å². The van der Waals surface area contributed by atoms with Crippen molar-refractivity contribution in [1.29, 1.82) is 0 Å². The van der Waals surface area contributed by atoms with Gasteiger partial charge in [0.05, 0.1) is 14.7 Å². The first-order valence-electron chi connectivity index (χ1n) is 3.54. The van der Waals surface area contributed by atoms with Gasteiger partial charge in [0.25, 0.3) is 0 Å². The van der Waals surface area contributed by atoms with Gasteiger partial charge in [-0.25, -0.2) is 12.6 Å². The summed E-state index contributed by atoms with van der Waals surface area (Å²) in [5.74, 6) is 0. The van der Waals surface area contributed by atoms with Gasteiger partial charge in [0.15, 0.2) is 33.2 Å². The summed E-state index contributed by atoms with van der Waals surface area (Å²) < 4.78 is 59.1. The average molecular weight is 326 g/mol. The standard InChI is InChI=1S/C6H6O6S4.Na.H/c7-14(8)3-1-4(15(9)10)6(13)5(2-3)16(11)12;;/h1-2,13H,(H,7,8)(H,9,10)(H,11,12);;/q;+1;-1. The molecule has 0 aliphatic carbocycles.